The van der Waals surface area contributed by atoms with Crippen LogP contribution in [-0.2, 0) is 23.0 Å². The lowest BCUT2D eigenvalue weighted by atomic mass is 9.97. The summed E-state index contributed by atoms with van der Waals surface area (Å²) in [4.78, 5) is 13.5. The summed E-state index contributed by atoms with van der Waals surface area (Å²) >= 11 is 0. The number of carbonyl (C=O) groups excluding carboxylic acids is 1. The van der Waals surface area contributed by atoms with E-state index in [4.69, 9.17) is 0 Å². The molecule has 2 aromatic carbocycles. The molecule has 0 aliphatic carbocycles. The van der Waals surface area contributed by atoms with Gasteiger partial charge in [0.05, 0.1) is 4.90 Å². The van der Waals surface area contributed by atoms with Crippen LogP contribution in [0.4, 0.5) is 0 Å². The van der Waals surface area contributed by atoms with E-state index in [-0.39, 0.29) is 17.1 Å². The van der Waals surface area contributed by atoms with Crippen molar-refractivity contribution in [3.8, 4) is 0 Å². The van der Waals surface area contributed by atoms with E-state index < -0.39 is 15.9 Å². The van der Waals surface area contributed by atoms with Crippen LogP contribution in [0.3, 0.4) is 0 Å². The van der Waals surface area contributed by atoms with E-state index in [1.54, 1.807) is 35.1 Å². The van der Waals surface area contributed by atoms with Gasteiger partial charge in [0, 0.05) is 19.3 Å². The maximum Gasteiger partial charge on any atom is 0.285 e. The molecule has 170 valence electrons. The second kappa shape index (κ2) is 10.1. The topological polar surface area (TPSA) is 72.3 Å². The van der Waals surface area contributed by atoms with Gasteiger partial charge in [0.2, 0.25) is 0 Å². The zero-order valence-corrected chi connectivity index (χ0v) is 20.0. The monoisotopic (exact) mass is 453 g/mol. The van der Waals surface area contributed by atoms with Crippen molar-refractivity contribution in [2.75, 3.05) is 6.54 Å². The molecule has 1 heterocycles. The van der Waals surface area contributed by atoms with E-state index in [1.165, 1.54) is 34.4 Å². The van der Waals surface area contributed by atoms with Crippen molar-refractivity contribution in [2.24, 2.45) is 0 Å². The van der Waals surface area contributed by atoms with Gasteiger partial charge in [0.15, 0.2) is 0 Å². The Bertz CT molecular complexity index is 1160. The summed E-state index contributed by atoms with van der Waals surface area (Å²) in [5.41, 5.74) is 5.14. The molecule has 0 aliphatic heterocycles. The highest BCUT2D eigenvalue weighted by atomic mass is 32.2. The molecule has 0 N–H and O–H groups in total. The molecule has 0 saturated heterocycles. The van der Waals surface area contributed by atoms with Crippen LogP contribution in [0.2, 0.25) is 0 Å². The molecule has 0 atom stereocenters. The van der Waals surface area contributed by atoms with Crippen LogP contribution < -0.4 is 0 Å². The lowest BCUT2D eigenvalue weighted by Crippen LogP contribution is -2.39. The summed E-state index contributed by atoms with van der Waals surface area (Å²) < 4.78 is 29.1. The van der Waals surface area contributed by atoms with E-state index in [0.717, 1.165) is 10.7 Å². The van der Waals surface area contributed by atoms with Crippen LogP contribution in [0.15, 0.2) is 59.6 Å². The third-order valence-corrected chi connectivity index (χ3v) is 7.42. The van der Waals surface area contributed by atoms with Crippen molar-refractivity contribution >= 4 is 15.9 Å². The minimum Gasteiger partial charge on any atom is -0.266 e. The number of hydrogen-bond acceptors (Lipinski definition) is 4. The predicted molar refractivity (Wildman–Crippen MR) is 126 cm³/mol. The Hall–Kier alpha value is -2.93. The first-order chi connectivity index (χ1) is 15.3. The van der Waals surface area contributed by atoms with Crippen LogP contribution >= 0.6 is 0 Å². The summed E-state index contributed by atoms with van der Waals surface area (Å²) in [6.45, 7) is 8.84. The molecular formula is C25H31N3O3S. The maximum absolute atomic E-state index is 13.4. The molecular weight excluding hydrogens is 422 g/mol. The molecule has 7 heteroatoms. The largest absolute Gasteiger partial charge is 0.285 e. The van der Waals surface area contributed by atoms with Gasteiger partial charge in [-0.2, -0.15) is 5.10 Å². The maximum atomic E-state index is 13.4. The molecule has 32 heavy (non-hydrogen) atoms. The first kappa shape index (κ1) is 23.7. The van der Waals surface area contributed by atoms with Gasteiger partial charge >= 0.3 is 0 Å². The Morgan fingerprint density at radius 2 is 1.69 bits per heavy atom. The fraction of sp³-hybridized carbons (Fsp3) is 0.360. The Morgan fingerprint density at radius 1 is 1.03 bits per heavy atom. The van der Waals surface area contributed by atoms with Crippen molar-refractivity contribution in [3.63, 3.8) is 0 Å². The molecule has 0 spiro atoms. The van der Waals surface area contributed by atoms with Crippen LogP contribution in [0.5, 0.6) is 0 Å². The minimum absolute atomic E-state index is 0.112. The molecule has 1 aromatic heterocycles. The number of rotatable bonds is 9. The fourth-order valence-corrected chi connectivity index (χ4v) is 5.43. The molecule has 3 aromatic rings. The van der Waals surface area contributed by atoms with Gasteiger partial charge in [-0.05, 0) is 68.5 Å². The zero-order valence-electron chi connectivity index (χ0n) is 19.2. The number of benzene rings is 2. The quantitative estimate of drug-likeness (QED) is 0.471. The van der Waals surface area contributed by atoms with E-state index in [0.29, 0.717) is 19.4 Å². The van der Waals surface area contributed by atoms with Gasteiger partial charge < -0.3 is 0 Å². The summed E-state index contributed by atoms with van der Waals surface area (Å²) in [6, 6.07) is 14.0. The molecule has 1 amide bonds. The highest BCUT2D eigenvalue weighted by Crippen LogP contribution is 2.21. The van der Waals surface area contributed by atoms with E-state index in [1.807, 2.05) is 6.92 Å². The van der Waals surface area contributed by atoms with Gasteiger partial charge in [0.1, 0.15) is 5.69 Å². The van der Waals surface area contributed by atoms with E-state index in [9.17, 15) is 13.2 Å². The number of hydrogen-bond donors (Lipinski definition) is 0. The predicted octanol–water partition coefficient (Wildman–Crippen LogP) is 4.68. The lowest BCUT2D eigenvalue weighted by molar-refractivity contribution is 0.0848. The first-order valence-corrected chi connectivity index (χ1v) is 12.4. The van der Waals surface area contributed by atoms with E-state index in [2.05, 4.69) is 38.0 Å². The van der Waals surface area contributed by atoms with Crippen molar-refractivity contribution in [1.82, 2.24) is 14.1 Å². The van der Waals surface area contributed by atoms with Gasteiger partial charge in [0.25, 0.3) is 15.9 Å². The average molecular weight is 454 g/mol. The Balaban J connectivity index is 1.89. The van der Waals surface area contributed by atoms with E-state index >= 15 is 0 Å². The highest BCUT2D eigenvalue weighted by Gasteiger charge is 2.31. The number of carbonyl (C=O) groups is 1. The highest BCUT2D eigenvalue weighted by molar-refractivity contribution is 7.89. The number of amides is 1. The van der Waals surface area contributed by atoms with Crippen molar-refractivity contribution in [2.45, 2.75) is 58.4 Å². The summed E-state index contributed by atoms with van der Waals surface area (Å²) in [6.07, 6.45) is 3.63. The van der Waals surface area contributed by atoms with Crippen LogP contribution in [-0.4, -0.2) is 35.0 Å². The van der Waals surface area contributed by atoms with Crippen molar-refractivity contribution in [1.29, 1.82) is 0 Å². The molecule has 0 saturated carbocycles. The van der Waals surface area contributed by atoms with Crippen molar-refractivity contribution < 1.29 is 13.2 Å². The first-order valence-electron chi connectivity index (χ1n) is 11.0. The molecule has 0 unspecified atom stereocenters. The van der Waals surface area contributed by atoms with Gasteiger partial charge in [-0.15, -0.1) is 0 Å². The van der Waals surface area contributed by atoms with Gasteiger partial charge in [-0.25, -0.2) is 12.7 Å². The lowest BCUT2D eigenvalue weighted by Gasteiger charge is -2.23. The molecule has 0 bridgehead atoms. The van der Waals surface area contributed by atoms with Crippen molar-refractivity contribution in [3.05, 3.63) is 82.7 Å². The molecule has 3 rings (SSSR count). The second-order valence-corrected chi connectivity index (χ2v) is 9.98. The van der Waals surface area contributed by atoms with Gasteiger partial charge in [-0.1, -0.05) is 49.2 Å². The van der Waals surface area contributed by atoms with Crippen LogP contribution in [0.1, 0.15) is 52.5 Å². The van der Waals surface area contributed by atoms with Crippen LogP contribution in [0, 0.1) is 20.8 Å². The third-order valence-electron chi connectivity index (χ3n) is 5.62. The Morgan fingerprint density at radius 3 is 2.31 bits per heavy atom. The number of sulfonamides is 1. The number of nitrogens with zero attached hydrogens (tertiary/aromatic N) is 3. The fourth-order valence-electron chi connectivity index (χ4n) is 3.99. The smallest absolute Gasteiger partial charge is 0.266 e. The second-order valence-electron chi connectivity index (χ2n) is 8.12. The molecule has 6 nitrogen and oxygen atoms in total. The number of aryl methyl sites for hydroxylation is 4. The minimum atomic E-state index is -3.96. The molecule has 0 radical (unpaired) electrons. The molecule has 0 fully saturated rings. The Labute approximate surface area is 190 Å². The Kier molecular flexibility index (Phi) is 7.51. The average Bonchev–Trinajstić information content (AvgIpc) is 3.22. The van der Waals surface area contributed by atoms with Crippen LogP contribution in [0.25, 0.3) is 0 Å². The summed E-state index contributed by atoms with van der Waals surface area (Å²) in [7, 11) is -3.96. The SMILES string of the molecule is CCCCN(C(=O)c1ccnn1CCc1c(C)cc(C)cc1C)S(=O)(=O)c1ccccc1. The molecule has 0 aliphatic rings. The number of aromatic nitrogens is 2. The summed E-state index contributed by atoms with van der Waals surface area (Å²) in [5.74, 6) is -0.544. The number of unbranched alkanes of at least 4 members (excludes halogenated alkanes) is 1. The standard InChI is InChI=1S/C25H31N3O3S/c1-5-6-15-28(32(30,31)22-10-8-7-9-11-22)25(29)24-12-14-26-27(24)16-13-23-20(3)17-19(2)18-21(23)4/h7-12,14,17-18H,5-6,13,15-16H2,1-4H3. The third kappa shape index (κ3) is 5.10. The van der Waals surface area contributed by atoms with Gasteiger partial charge in [-0.3, -0.25) is 9.48 Å². The normalized spacial score (nSPS) is 11.5. The zero-order chi connectivity index (χ0) is 23.3. The summed E-state index contributed by atoms with van der Waals surface area (Å²) in [5, 5.41) is 4.32.